The summed E-state index contributed by atoms with van der Waals surface area (Å²) < 4.78 is 0. The Bertz CT molecular complexity index is 431. The van der Waals surface area contributed by atoms with E-state index in [1.807, 2.05) is 11.8 Å². The highest BCUT2D eigenvalue weighted by molar-refractivity contribution is 7.98. The number of rotatable bonds is 6. The molecule has 1 fully saturated rings. The smallest absolute Gasteiger partial charge is 0.170 e. The minimum Gasteiger partial charge on any atom is -0.370 e. The highest BCUT2D eigenvalue weighted by Gasteiger charge is 2.15. The number of anilines is 2. The molecule has 1 aromatic carbocycles. The van der Waals surface area contributed by atoms with Crippen molar-refractivity contribution >= 4 is 40.5 Å². The summed E-state index contributed by atoms with van der Waals surface area (Å²) in [7, 11) is 0. The number of thioether (sulfide) groups is 1. The molecule has 0 saturated carbocycles. The van der Waals surface area contributed by atoms with Gasteiger partial charge in [-0.15, -0.1) is 0 Å². The lowest BCUT2D eigenvalue weighted by Crippen LogP contribution is -2.30. The Labute approximate surface area is 131 Å². The molecule has 2 rings (SSSR count). The van der Waals surface area contributed by atoms with Crippen LogP contribution in [0.25, 0.3) is 0 Å². The van der Waals surface area contributed by atoms with Crippen molar-refractivity contribution in [2.45, 2.75) is 19.3 Å². The minimum atomic E-state index is 0.720. The van der Waals surface area contributed by atoms with Gasteiger partial charge in [-0.2, -0.15) is 11.8 Å². The van der Waals surface area contributed by atoms with Crippen molar-refractivity contribution in [3.05, 3.63) is 24.3 Å². The fraction of sp³-hybridized carbons (Fsp3) is 0.533. The molecule has 1 aliphatic rings. The molecule has 0 aliphatic carbocycles. The molecule has 0 aromatic heterocycles. The number of benzene rings is 1. The van der Waals surface area contributed by atoms with Crippen molar-refractivity contribution in [2.75, 3.05) is 41.9 Å². The summed E-state index contributed by atoms with van der Waals surface area (Å²) in [5.74, 6) is 1.17. The van der Waals surface area contributed by atoms with Gasteiger partial charge in [-0.25, -0.2) is 0 Å². The molecule has 1 aromatic rings. The van der Waals surface area contributed by atoms with Gasteiger partial charge >= 0.3 is 0 Å². The number of nitrogens with one attached hydrogen (secondary N) is 2. The van der Waals surface area contributed by atoms with Crippen LogP contribution in [-0.2, 0) is 0 Å². The van der Waals surface area contributed by atoms with Gasteiger partial charge in [0.05, 0.1) is 11.4 Å². The predicted octanol–water partition coefficient (Wildman–Crippen LogP) is 3.33. The highest BCUT2D eigenvalue weighted by Crippen LogP contribution is 2.28. The van der Waals surface area contributed by atoms with Crippen LogP contribution < -0.4 is 15.5 Å². The van der Waals surface area contributed by atoms with Crippen LogP contribution in [0.1, 0.15) is 19.3 Å². The summed E-state index contributed by atoms with van der Waals surface area (Å²) in [5, 5.41) is 7.33. The van der Waals surface area contributed by atoms with Gasteiger partial charge in [-0.1, -0.05) is 12.1 Å². The Morgan fingerprint density at radius 3 is 2.80 bits per heavy atom. The molecule has 20 heavy (non-hydrogen) atoms. The first-order chi connectivity index (χ1) is 9.81. The van der Waals surface area contributed by atoms with E-state index in [1.54, 1.807) is 0 Å². The van der Waals surface area contributed by atoms with E-state index >= 15 is 0 Å². The highest BCUT2D eigenvalue weighted by atomic mass is 32.2. The van der Waals surface area contributed by atoms with Crippen molar-refractivity contribution < 1.29 is 0 Å². The Kier molecular flexibility index (Phi) is 6.47. The third kappa shape index (κ3) is 4.56. The number of nitrogens with zero attached hydrogens (tertiary/aromatic N) is 1. The summed E-state index contributed by atoms with van der Waals surface area (Å²) in [6.45, 7) is 3.22. The zero-order valence-electron chi connectivity index (χ0n) is 12.0. The molecular weight excluding hydrogens is 286 g/mol. The quantitative estimate of drug-likeness (QED) is 0.621. The van der Waals surface area contributed by atoms with Crippen molar-refractivity contribution in [1.29, 1.82) is 0 Å². The Morgan fingerprint density at radius 1 is 1.30 bits per heavy atom. The summed E-state index contributed by atoms with van der Waals surface area (Å²) in [6.07, 6.45) is 5.83. The Hall–Kier alpha value is -0.940. The molecule has 110 valence electrons. The van der Waals surface area contributed by atoms with Crippen LogP contribution in [0.15, 0.2) is 24.3 Å². The summed E-state index contributed by atoms with van der Waals surface area (Å²) in [6, 6.07) is 8.42. The first-order valence-corrected chi connectivity index (χ1v) is 8.99. The van der Waals surface area contributed by atoms with Crippen molar-refractivity contribution in [2.24, 2.45) is 0 Å². The zero-order chi connectivity index (χ0) is 14.2. The second kappa shape index (κ2) is 8.37. The van der Waals surface area contributed by atoms with Crippen LogP contribution in [-0.4, -0.2) is 36.8 Å². The standard InChI is InChI=1S/C15H23N3S2/c1-20-12-6-9-16-15(19)17-13-7-2-3-8-14(13)18-10-4-5-11-18/h2-3,7-8H,4-6,9-12H2,1H3,(H2,16,17,19). The molecule has 0 atom stereocenters. The van der Waals surface area contributed by atoms with Crippen molar-refractivity contribution in [3.63, 3.8) is 0 Å². The van der Waals surface area contributed by atoms with E-state index in [-0.39, 0.29) is 0 Å². The molecule has 0 bridgehead atoms. The van der Waals surface area contributed by atoms with Gasteiger partial charge in [0.25, 0.3) is 0 Å². The zero-order valence-corrected chi connectivity index (χ0v) is 13.7. The lowest BCUT2D eigenvalue weighted by Gasteiger charge is -2.22. The van der Waals surface area contributed by atoms with E-state index < -0.39 is 0 Å². The third-order valence-electron chi connectivity index (χ3n) is 3.41. The molecular formula is C15H23N3S2. The maximum atomic E-state index is 5.37. The van der Waals surface area contributed by atoms with Crippen LogP contribution in [0.2, 0.25) is 0 Å². The molecule has 1 heterocycles. The van der Waals surface area contributed by atoms with Gasteiger partial charge in [0.15, 0.2) is 5.11 Å². The monoisotopic (exact) mass is 309 g/mol. The predicted molar refractivity (Wildman–Crippen MR) is 95.1 cm³/mol. The lowest BCUT2D eigenvalue weighted by atomic mass is 10.2. The van der Waals surface area contributed by atoms with Gasteiger partial charge in [0.1, 0.15) is 0 Å². The van der Waals surface area contributed by atoms with Gasteiger partial charge in [-0.05, 0) is 55.6 Å². The maximum Gasteiger partial charge on any atom is 0.170 e. The van der Waals surface area contributed by atoms with Crippen molar-refractivity contribution in [3.8, 4) is 0 Å². The van der Waals surface area contributed by atoms with Gasteiger partial charge < -0.3 is 15.5 Å². The average Bonchev–Trinajstić information content (AvgIpc) is 2.98. The molecule has 0 unspecified atom stereocenters. The number of hydrogen-bond acceptors (Lipinski definition) is 3. The number of hydrogen-bond donors (Lipinski definition) is 2. The van der Waals surface area contributed by atoms with E-state index in [1.165, 1.54) is 24.3 Å². The minimum absolute atomic E-state index is 0.720. The second-order valence-electron chi connectivity index (χ2n) is 4.94. The topological polar surface area (TPSA) is 27.3 Å². The summed E-state index contributed by atoms with van der Waals surface area (Å²) >= 11 is 7.24. The summed E-state index contributed by atoms with van der Waals surface area (Å²) in [4.78, 5) is 2.43. The number of thiocarbonyl (C=S) groups is 1. The Balaban J connectivity index is 1.89. The van der Waals surface area contributed by atoms with E-state index in [0.29, 0.717) is 0 Å². The molecule has 1 saturated heterocycles. The van der Waals surface area contributed by atoms with Gasteiger partial charge in [0.2, 0.25) is 0 Å². The molecule has 0 radical (unpaired) electrons. The molecule has 0 spiro atoms. The molecule has 2 N–H and O–H groups in total. The van der Waals surface area contributed by atoms with E-state index in [4.69, 9.17) is 12.2 Å². The Morgan fingerprint density at radius 2 is 2.05 bits per heavy atom. The van der Waals surface area contributed by atoms with E-state index in [0.717, 1.165) is 36.9 Å². The normalized spacial score (nSPS) is 14.3. The molecule has 3 nitrogen and oxygen atoms in total. The molecule has 1 aliphatic heterocycles. The van der Waals surface area contributed by atoms with Crippen LogP contribution in [0.5, 0.6) is 0 Å². The SMILES string of the molecule is CSCCCNC(=S)Nc1ccccc1N1CCCC1. The lowest BCUT2D eigenvalue weighted by molar-refractivity contribution is 0.855. The van der Waals surface area contributed by atoms with E-state index in [2.05, 4.69) is 46.1 Å². The van der Waals surface area contributed by atoms with Crippen LogP contribution in [0, 0.1) is 0 Å². The third-order valence-corrected chi connectivity index (χ3v) is 4.35. The second-order valence-corrected chi connectivity index (χ2v) is 6.33. The number of para-hydroxylation sites is 2. The van der Waals surface area contributed by atoms with Crippen LogP contribution >= 0.6 is 24.0 Å². The van der Waals surface area contributed by atoms with Gasteiger partial charge in [-0.3, -0.25) is 0 Å². The fourth-order valence-corrected chi connectivity index (χ4v) is 3.04. The first-order valence-electron chi connectivity index (χ1n) is 7.19. The maximum absolute atomic E-state index is 5.37. The molecule has 0 amide bonds. The largest absolute Gasteiger partial charge is 0.370 e. The van der Waals surface area contributed by atoms with Crippen molar-refractivity contribution in [1.82, 2.24) is 5.32 Å². The average molecular weight is 310 g/mol. The van der Waals surface area contributed by atoms with Crippen LogP contribution in [0.3, 0.4) is 0 Å². The first kappa shape index (κ1) is 15.4. The summed E-state index contributed by atoms with van der Waals surface area (Å²) in [5.41, 5.74) is 2.37. The van der Waals surface area contributed by atoms with E-state index in [9.17, 15) is 0 Å². The van der Waals surface area contributed by atoms with Gasteiger partial charge in [0, 0.05) is 19.6 Å². The fourth-order valence-electron chi connectivity index (χ4n) is 2.40. The van der Waals surface area contributed by atoms with Crippen LogP contribution in [0.4, 0.5) is 11.4 Å². The molecule has 5 heteroatoms.